The second-order valence-electron chi connectivity index (χ2n) is 5.46. The van der Waals surface area contributed by atoms with Crippen molar-refractivity contribution in [1.29, 1.82) is 0 Å². The molecule has 0 saturated carbocycles. The van der Waals surface area contributed by atoms with E-state index in [4.69, 9.17) is 9.47 Å². The SMILES string of the molecule is COc1cc(OC)c2c(CC3CCNCC3)c[nH]c2c1. The molecule has 1 aromatic carbocycles. The Balaban J connectivity index is 1.94. The van der Waals surface area contributed by atoms with Crippen molar-refractivity contribution in [1.82, 2.24) is 10.3 Å². The van der Waals surface area contributed by atoms with Crippen LogP contribution in [0.15, 0.2) is 18.3 Å². The van der Waals surface area contributed by atoms with E-state index in [2.05, 4.69) is 16.5 Å². The van der Waals surface area contributed by atoms with Gasteiger partial charge in [0, 0.05) is 23.7 Å². The summed E-state index contributed by atoms with van der Waals surface area (Å²) < 4.78 is 10.9. The first-order valence-electron chi connectivity index (χ1n) is 7.24. The Labute approximate surface area is 119 Å². The molecule has 1 aromatic heterocycles. The highest BCUT2D eigenvalue weighted by Gasteiger charge is 2.18. The van der Waals surface area contributed by atoms with Gasteiger partial charge in [-0.1, -0.05) is 0 Å². The highest BCUT2D eigenvalue weighted by molar-refractivity contribution is 5.90. The maximum Gasteiger partial charge on any atom is 0.132 e. The predicted octanol–water partition coefficient (Wildman–Crippen LogP) is 2.73. The smallest absolute Gasteiger partial charge is 0.132 e. The van der Waals surface area contributed by atoms with E-state index in [0.717, 1.165) is 42.4 Å². The molecule has 108 valence electrons. The first-order chi connectivity index (χ1) is 9.81. The lowest BCUT2D eigenvalue weighted by Crippen LogP contribution is -2.28. The average molecular weight is 274 g/mol. The zero-order valence-corrected chi connectivity index (χ0v) is 12.2. The number of benzene rings is 1. The maximum atomic E-state index is 5.55. The van der Waals surface area contributed by atoms with Crippen LogP contribution in [0.3, 0.4) is 0 Å². The highest BCUT2D eigenvalue weighted by atomic mass is 16.5. The van der Waals surface area contributed by atoms with Gasteiger partial charge in [0.05, 0.1) is 19.7 Å². The van der Waals surface area contributed by atoms with Crippen LogP contribution in [0.2, 0.25) is 0 Å². The number of aromatic nitrogens is 1. The third-order valence-corrected chi connectivity index (χ3v) is 4.22. The molecule has 0 aliphatic carbocycles. The van der Waals surface area contributed by atoms with Gasteiger partial charge in [0.2, 0.25) is 0 Å². The van der Waals surface area contributed by atoms with Crippen LogP contribution < -0.4 is 14.8 Å². The molecular formula is C16H22N2O2. The van der Waals surface area contributed by atoms with Crippen LogP contribution in [0, 0.1) is 5.92 Å². The Kier molecular flexibility index (Phi) is 3.83. The van der Waals surface area contributed by atoms with Gasteiger partial charge in [-0.2, -0.15) is 0 Å². The quantitative estimate of drug-likeness (QED) is 0.901. The van der Waals surface area contributed by atoms with Crippen molar-refractivity contribution in [2.24, 2.45) is 5.92 Å². The molecule has 4 heteroatoms. The summed E-state index contributed by atoms with van der Waals surface area (Å²) in [5.74, 6) is 2.48. The van der Waals surface area contributed by atoms with Gasteiger partial charge in [0.15, 0.2) is 0 Å². The molecule has 0 spiro atoms. The van der Waals surface area contributed by atoms with E-state index in [1.165, 1.54) is 23.8 Å². The summed E-state index contributed by atoms with van der Waals surface area (Å²) in [5, 5.41) is 4.62. The Hall–Kier alpha value is -1.68. The van der Waals surface area contributed by atoms with Crippen molar-refractivity contribution < 1.29 is 9.47 Å². The number of fused-ring (bicyclic) bond motifs is 1. The van der Waals surface area contributed by atoms with E-state index < -0.39 is 0 Å². The van der Waals surface area contributed by atoms with Gasteiger partial charge in [0.1, 0.15) is 11.5 Å². The second-order valence-corrected chi connectivity index (χ2v) is 5.46. The molecule has 2 heterocycles. The molecule has 20 heavy (non-hydrogen) atoms. The summed E-state index contributed by atoms with van der Waals surface area (Å²) in [7, 11) is 3.40. The number of aromatic amines is 1. The molecule has 0 unspecified atom stereocenters. The maximum absolute atomic E-state index is 5.55. The summed E-state index contributed by atoms with van der Waals surface area (Å²) in [4.78, 5) is 3.35. The third kappa shape index (κ3) is 2.48. The van der Waals surface area contributed by atoms with E-state index in [1.807, 2.05) is 12.1 Å². The van der Waals surface area contributed by atoms with Gasteiger partial charge in [0.25, 0.3) is 0 Å². The first-order valence-corrected chi connectivity index (χ1v) is 7.24. The van der Waals surface area contributed by atoms with Crippen LogP contribution in [0.4, 0.5) is 0 Å². The zero-order chi connectivity index (χ0) is 13.9. The Morgan fingerprint density at radius 2 is 1.95 bits per heavy atom. The molecule has 2 N–H and O–H groups in total. The van der Waals surface area contributed by atoms with E-state index >= 15 is 0 Å². The largest absolute Gasteiger partial charge is 0.497 e. The van der Waals surface area contributed by atoms with Crippen LogP contribution >= 0.6 is 0 Å². The van der Waals surface area contributed by atoms with Crippen molar-refractivity contribution in [3.05, 3.63) is 23.9 Å². The molecule has 1 fully saturated rings. The molecule has 0 amide bonds. The number of rotatable bonds is 4. The lowest BCUT2D eigenvalue weighted by molar-refractivity contribution is 0.372. The third-order valence-electron chi connectivity index (χ3n) is 4.22. The summed E-state index contributed by atoms with van der Waals surface area (Å²) in [6, 6.07) is 3.99. The van der Waals surface area contributed by atoms with Gasteiger partial charge in [-0.3, -0.25) is 0 Å². The number of H-pyrrole nitrogens is 1. The number of nitrogens with one attached hydrogen (secondary N) is 2. The zero-order valence-electron chi connectivity index (χ0n) is 12.2. The van der Waals surface area contributed by atoms with Crippen molar-refractivity contribution in [2.75, 3.05) is 27.3 Å². The Morgan fingerprint density at radius 3 is 2.65 bits per heavy atom. The van der Waals surface area contributed by atoms with Gasteiger partial charge in [-0.25, -0.2) is 0 Å². The van der Waals surface area contributed by atoms with Crippen LogP contribution in [0.5, 0.6) is 11.5 Å². The van der Waals surface area contributed by atoms with E-state index in [0.29, 0.717) is 0 Å². The molecular weight excluding hydrogens is 252 g/mol. The van der Waals surface area contributed by atoms with Crippen molar-refractivity contribution in [3.8, 4) is 11.5 Å². The minimum atomic E-state index is 0.766. The van der Waals surface area contributed by atoms with Crippen molar-refractivity contribution >= 4 is 10.9 Å². The van der Waals surface area contributed by atoms with Crippen LogP contribution in [-0.4, -0.2) is 32.3 Å². The molecule has 0 radical (unpaired) electrons. The summed E-state index contributed by atoms with van der Waals surface area (Å²) in [6.07, 6.45) is 5.75. The molecule has 1 aliphatic heterocycles. The van der Waals surface area contributed by atoms with Gasteiger partial charge in [-0.05, 0) is 43.8 Å². The van der Waals surface area contributed by atoms with Crippen molar-refractivity contribution in [3.63, 3.8) is 0 Å². The van der Waals surface area contributed by atoms with Crippen LogP contribution in [0.25, 0.3) is 10.9 Å². The number of hydrogen-bond acceptors (Lipinski definition) is 3. The fourth-order valence-corrected chi connectivity index (χ4v) is 3.11. The minimum absolute atomic E-state index is 0.766. The summed E-state index contributed by atoms with van der Waals surface area (Å²) in [6.45, 7) is 2.27. The van der Waals surface area contributed by atoms with Crippen LogP contribution in [-0.2, 0) is 6.42 Å². The van der Waals surface area contributed by atoms with Gasteiger partial charge in [-0.15, -0.1) is 0 Å². The average Bonchev–Trinajstić information content (AvgIpc) is 2.90. The normalized spacial score (nSPS) is 16.5. The number of ether oxygens (including phenoxy) is 2. The Bertz CT molecular complexity index is 585. The molecule has 0 atom stereocenters. The van der Waals surface area contributed by atoms with E-state index in [1.54, 1.807) is 14.2 Å². The number of piperidine rings is 1. The van der Waals surface area contributed by atoms with Crippen LogP contribution in [0.1, 0.15) is 18.4 Å². The highest BCUT2D eigenvalue weighted by Crippen LogP contribution is 2.35. The summed E-state index contributed by atoms with van der Waals surface area (Å²) >= 11 is 0. The molecule has 1 aliphatic rings. The summed E-state index contributed by atoms with van der Waals surface area (Å²) in [5.41, 5.74) is 2.44. The minimum Gasteiger partial charge on any atom is -0.497 e. The van der Waals surface area contributed by atoms with Gasteiger partial charge < -0.3 is 19.8 Å². The number of hydrogen-bond donors (Lipinski definition) is 2. The monoisotopic (exact) mass is 274 g/mol. The molecule has 1 saturated heterocycles. The van der Waals surface area contributed by atoms with Gasteiger partial charge >= 0.3 is 0 Å². The lowest BCUT2D eigenvalue weighted by atomic mass is 9.91. The molecule has 2 aromatic rings. The van der Waals surface area contributed by atoms with Crippen molar-refractivity contribution in [2.45, 2.75) is 19.3 Å². The first kappa shape index (κ1) is 13.3. The fraction of sp³-hybridized carbons (Fsp3) is 0.500. The fourth-order valence-electron chi connectivity index (χ4n) is 3.11. The number of methoxy groups -OCH3 is 2. The lowest BCUT2D eigenvalue weighted by Gasteiger charge is -2.22. The van der Waals surface area contributed by atoms with E-state index in [9.17, 15) is 0 Å². The molecule has 3 rings (SSSR count). The molecule has 0 bridgehead atoms. The molecule has 4 nitrogen and oxygen atoms in total. The van der Waals surface area contributed by atoms with E-state index in [-0.39, 0.29) is 0 Å². The second kappa shape index (κ2) is 5.75. The predicted molar refractivity (Wildman–Crippen MR) is 80.7 cm³/mol. The standard InChI is InChI=1S/C16H22N2O2/c1-19-13-8-14-16(15(9-13)20-2)12(10-18-14)7-11-3-5-17-6-4-11/h8-11,17-18H,3-7H2,1-2H3. The topological polar surface area (TPSA) is 46.3 Å². The Morgan fingerprint density at radius 1 is 1.15 bits per heavy atom.